The molecule has 0 unspecified atom stereocenters. The first kappa shape index (κ1) is 17.4. The lowest BCUT2D eigenvalue weighted by atomic mass is 9.79. The zero-order valence-electron chi connectivity index (χ0n) is 15.0. The molecule has 0 radical (unpaired) electrons. The summed E-state index contributed by atoms with van der Waals surface area (Å²) in [6.45, 7) is 0.613. The molecule has 1 aromatic heterocycles. The first-order valence-electron chi connectivity index (χ1n) is 9.26. The highest BCUT2D eigenvalue weighted by Crippen LogP contribution is 2.40. The van der Waals surface area contributed by atoms with Crippen LogP contribution in [0.25, 0.3) is 0 Å². The van der Waals surface area contributed by atoms with Crippen molar-refractivity contribution in [3.63, 3.8) is 0 Å². The van der Waals surface area contributed by atoms with Gasteiger partial charge in [0.25, 0.3) is 5.91 Å². The normalized spacial score (nSPS) is 17.1. The molecule has 2 aromatic carbocycles. The van der Waals surface area contributed by atoms with Gasteiger partial charge in [-0.05, 0) is 36.1 Å². The van der Waals surface area contributed by atoms with Crippen LogP contribution in [0.5, 0.6) is 0 Å². The predicted molar refractivity (Wildman–Crippen MR) is 104 cm³/mol. The second kappa shape index (κ2) is 7.33. The average molecular weight is 358 g/mol. The van der Waals surface area contributed by atoms with Gasteiger partial charge in [0.15, 0.2) is 0 Å². The molecule has 1 fully saturated rings. The molecule has 1 aliphatic heterocycles. The van der Waals surface area contributed by atoms with Crippen LogP contribution in [0.2, 0.25) is 0 Å². The van der Waals surface area contributed by atoms with Crippen molar-refractivity contribution in [2.75, 3.05) is 6.54 Å². The largest absolute Gasteiger partial charge is 0.378 e. The minimum atomic E-state index is -1.27. The van der Waals surface area contributed by atoms with Gasteiger partial charge in [0.1, 0.15) is 11.3 Å². The number of likely N-dealkylation sites (tertiary alicyclic amines) is 1. The molecule has 4 heteroatoms. The maximum absolute atomic E-state index is 13.1. The van der Waals surface area contributed by atoms with Gasteiger partial charge in [-0.25, -0.2) is 0 Å². The molecule has 2 heterocycles. The van der Waals surface area contributed by atoms with Gasteiger partial charge in [0.05, 0.1) is 6.04 Å². The van der Waals surface area contributed by atoms with E-state index in [9.17, 15) is 9.90 Å². The Morgan fingerprint density at radius 3 is 2.07 bits per heavy atom. The van der Waals surface area contributed by atoms with E-state index in [1.807, 2.05) is 66.7 Å². The van der Waals surface area contributed by atoms with E-state index in [2.05, 4.69) is 4.98 Å². The average Bonchev–Trinajstić information content (AvgIpc) is 3.25. The van der Waals surface area contributed by atoms with Gasteiger partial charge in [-0.1, -0.05) is 66.7 Å². The maximum Gasteiger partial charge on any atom is 0.272 e. The Balaban J connectivity index is 1.79. The summed E-state index contributed by atoms with van der Waals surface area (Å²) in [5, 5.41) is 12.0. The fraction of sp³-hybridized carbons (Fsp3) is 0.217. The van der Waals surface area contributed by atoms with Gasteiger partial charge < -0.3 is 10.0 Å². The molecule has 1 aliphatic rings. The lowest BCUT2D eigenvalue weighted by Gasteiger charge is -2.40. The van der Waals surface area contributed by atoms with Gasteiger partial charge in [0.2, 0.25) is 0 Å². The van der Waals surface area contributed by atoms with Crippen molar-refractivity contribution >= 4 is 5.91 Å². The number of hydrogen-bond acceptors (Lipinski definition) is 3. The number of pyridine rings is 1. The summed E-state index contributed by atoms with van der Waals surface area (Å²) in [5.41, 5.74) is 0.723. The number of amides is 1. The van der Waals surface area contributed by atoms with Crippen molar-refractivity contribution < 1.29 is 9.90 Å². The molecule has 27 heavy (non-hydrogen) atoms. The molecule has 4 nitrogen and oxygen atoms in total. The van der Waals surface area contributed by atoms with Crippen LogP contribution in [0, 0.1) is 0 Å². The van der Waals surface area contributed by atoms with E-state index < -0.39 is 5.60 Å². The molecule has 0 saturated carbocycles. The molecule has 1 saturated heterocycles. The third kappa shape index (κ3) is 3.13. The third-order valence-corrected chi connectivity index (χ3v) is 5.31. The van der Waals surface area contributed by atoms with Crippen LogP contribution >= 0.6 is 0 Å². The van der Waals surface area contributed by atoms with Crippen LogP contribution in [0.15, 0.2) is 85.1 Å². The van der Waals surface area contributed by atoms with E-state index in [4.69, 9.17) is 0 Å². The molecule has 0 aliphatic carbocycles. The minimum Gasteiger partial charge on any atom is -0.378 e. The maximum atomic E-state index is 13.1. The highest BCUT2D eigenvalue weighted by Gasteiger charge is 2.47. The van der Waals surface area contributed by atoms with Crippen molar-refractivity contribution in [2.45, 2.75) is 24.5 Å². The number of hydrogen-bond donors (Lipinski definition) is 1. The second-order valence-corrected chi connectivity index (χ2v) is 6.87. The van der Waals surface area contributed by atoms with Crippen molar-refractivity contribution in [1.29, 1.82) is 0 Å². The fourth-order valence-electron chi connectivity index (χ4n) is 4.02. The molecule has 3 aromatic rings. The molecular weight excluding hydrogens is 336 g/mol. The van der Waals surface area contributed by atoms with Gasteiger partial charge >= 0.3 is 0 Å². The van der Waals surface area contributed by atoms with Crippen LogP contribution in [0.4, 0.5) is 0 Å². The zero-order chi connectivity index (χ0) is 18.7. The van der Waals surface area contributed by atoms with Crippen molar-refractivity contribution in [1.82, 2.24) is 9.88 Å². The summed E-state index contributed by atoms with van der Waals surface area (Å²) in [6, 6.07) is 24.2. The Hall–Kier alpha value is -2.98. The van der Waals surface area contributed by atoms with E-state index >= 15 is 0 Å². The monoisotopic (exact) mass is 358 g/mol. The number of nitrogens with zero attached hydrogens (tertiary/aromatic N) is 2. The van der Waals surface area contributed by atoms with Crippen molar-refractivity contribution in [3.8, 4) is 0 Å². The minimum absolute atomic E-state index is 0.136. The third-order valence-electron chi connectivity index (χ3n) is 5.31. The Labute approximate surface area is 159 Å². The van der Waals surface area contributed by atoms with Crippen LogP contribution in [0.1, 0.15) is 34.5 Å². The van der Waals surface area contributed by atoms with Crippen LogP contribution in [-0.4, -0.2) is 33.5 Å². The topological polar surface area (TPSA) is 53.4 Å². The second-order valence-electron chi connectivity index (χ2n) is 6.87. The number of carbonyl (C=O) groups is 1. The van der Waals surface area contributed by atoms with Gasteiger partial charge in [-0.2, -0.15) is 0 Å². The summed E-state index contributed by atoms with van der Waals surface area (Å²) >= 11 is 0. The van der Waals surface area contributed by atoms with Gasteiger partial charge in [-0.3, -0.25) is 9.78 Å². The van der Waals surface area contributed by atoms with Crippen molar-refractivity contribution in [2.24, 2.45) is 0 Å². The van der Waals surface area contributed by atoms with E-state index in [0.29, 0.717) is 12.2 Å². The molecule has 0 spiro atoms. The molecule has 4 rings (SSSR count). The summed E-state index contributed by atoms with van der Waals surface area (Å²) < 4.78 is 0. The van der Waals surface area contributed by atoms with Crippen molar-refractivity contribution in [3.05, 3.63) is 102 Å². The van der Waals surface area contributed by atoms with Crippen LogP contribution in [-0.2, 0) is 5.60 Å². The number of carbonyl (C=O) groups excluding carboxylic acids is 1. The zero-order valence-corrected chi connectivity index (χ0v) is 15.0. The Bertz CT molecular complexity index is 858. The highest BCUT2D eigenvalue weighted by atomic mass is 16.3. The van der Waals surface area contributed by atoms with Gasteiger partial charge in [-0.15, -0.1) is 0 Å². The Morgan fingerprint density at radius 2 is 1.52 bits per heavy atom. The molecule has 1 atom stereocenters. The molecule has 136 valence electrons. The van der Waals surface area contributed by atoms with E-state index in [1.54, 1.807) is 23.2 Å². The first-order chi connectivity index (χ1) is 13.2. The molecule has 1 N–H and O–H groups in total. The number of aromatic nitrogens is 1. The van der Waals surface area contributed by atoms with E-state index in [1.165, 1.54) is 0 Å². The van der Waals surface area contributed by atoms with Gasteiger partial charge in [0, 0.05) is 12.7 Å². The molecular formula is C23H22N2O2. The number of rotatable bonds is 4. The standard InChI is InChI=1S/C23H22N2O2/c26-22(20-14-7-8-16-24-20)25-17-9-15-21(25)23(27,18-10-3-1-4-11-18)19-12-5-2-6-13-19/h1-8,10-14,16,21,27H,9,15,17H2/t21-/m0/s1. The SMILES string of the molecule is O=C(c1ccccn1)N1CCC[C@H]1C(O)(c1ccccc1)c1ccccc1. The summed E-state index contributed by atoms with van der Waals surface area (Å²) in [6.07, 6.45) is 3.21. The predicted octanol–water partition coefficient (Wildman–Crippen LogP) is 3.62. The fourth-order valence-corrected chi connectivity index (χ4v) is 4.02. The van der Waals surface area contributed by atoms with E-state index in [0.717, 1.165) is 24.0 Å². The number of aliphatic hydroxyl groups is 1. The van der Waals surface area contributed by atoms with Crippen LogP contribution < -0.4 is 0 Å². The lowest BCUT2D eigenvalue weighted by molar-refractivity contribution is -0.000936. The summed E-state index contributed by atoms with van der Waals surface area (Å²) in [5.74, 6) is -0.136. The summed E-state index contributed by atoms with van der Waals surface area (Å²) in [7, 11) is 0. The highest BCUT2D eigenvalue weighted by molar-refractivity contribution is 5.92. The summed E-state index contributed by atoms with van der Waals surface area (Å²) in [4.78, 5) is 19.1. The molecule has 1 amide bonds. The first-order valence-corrected chi connectivity index (χ1v) is 9.26. The Morgan fingerprint density at radius 1 is 0.926 bits per heavy atom. The Kier molecular flexibility index (Phi) is 4.73. The lowest BCUT2D eigenvalue weighted by Crippen LogP contribution is -2.50. The quantitative estimate of drug-likeness (QED) is 0.775. The van der Waals surface area contributed by atoms with E-state index in [-0.39, 0.29) is 11.9 Å². The number of benzene rings is 2. The molecule has 0 bridgehead atoms. The van der Waals surface area contributed by atoms with Crippen LogP contribution in [0.3, 0.4) is 0 Å². The smallest absolute Gasteiger partial charge is 0.272 e.